The summed E-state index contributed by atoms with van der Waals surface area (Å²) >= 11 is 1.62. The van der Waals surface area contributed by atoms with Gasteiger partial charge in [0.05, 0.1) is 5.01 Å². The molecule has 0 fully saturated rings. The molecule has 138 valence electrons. The number of thiazole rings is 1. The summed E-state index contributed by atoms with van der Waals surface area (Å²) in [6.07, 6.45) is 4.26. The van der Waals surface area contributed by atoms with Crippen molar-refractivity contribution in [2.45, 2.75) is 45.6 Å². The average Bonchev–Trinajstić information content (AvgIpc) is 3.13. The molecule has 0 radical (unpaired) electrons. The van der Waals surface area contributed by atoms with Gasteiger partial charge in [-0.1, -0.05) is 18.2 Å². The van der Waals surface area contributed by atoms with Crippen molar-refractivity contribution in [1.82, 2.24) is 9.88 Å². The maximum absolute atomic E-state index is 12.7. The molecule has 5 nitrogen and oxygen atoms in total. The lowest BCUT2D eigenvalue weighted by Gasteiger charge is -2.28. The minimum Gasteiger partial charge on any atom is -0.340 e. The fourth-order valence-corrected chi connectivity index (χ4v) is 3.96. The van der Waals surface area contributed by atoms with E-state index in [1.54, 1.807) is 17.5 Å². The summed E-state index contributed by atoms with van der Waals surface area (Å²) in [5.74, 6) is 0.000391. The first-order chi connectivity index (χ1) is 12.5. The number of amides is 2. The van der Waals surface area contributed by atoms with Gasteiger partial charge < -0.3 is 10.2 Å². The zero-order valence-electron chi connectivity index (χ0n) is 15.3. The van der Waals surface area contributed by atoms with Crippen LogP contribution in [0.15, 0.2) is 35.8 Å². The predicted molar refractivity (Wildman–Crippen MR) is 104 cm³/mol. The van der Waals surface area contributed by atoms with E-state index < -0.39 is 0 Å². The van der Waals surface area contributed by atoms with Gasteiger partial charge in [0.2, 0.25) is 11.8 Å². The third-order valence-corrected chi connectivity index (χ3v) is 5.65. The third kappa shape index (κ3) is 4.49. The number of carbonyl (C=O) groups excluding carboxylic acids is 2. The van der Waals surface area contributed by atoms with Crippen molar-refractivity contribution >= 4 is 28.8 Å². The van der Waals surface area contributed by atoms with Crippen LogP contribution < -0.4 is 5.32 Å². The van der Waals surface area contributed by atoms with Gasteiger partial charge in [0.15, 0.2) is 0 Å². The van der Waals surface area contributed by atoms with Gasteiger partial charge in [0, 0.05) is 48.6 Å². The zero-order valence-corrected chi connectivity index (χ0v) is 16.1. The number of benzene rings is 1. The van der Waals surface area contributed by atoms with E-state index in [1.165, 1.54) is 0 Å². The Balaban J connectivity index is 1.55. The average molecular weight is 372 g/mol. The highest BCUT2D eigenvalue weighted by molar-refractivity contribution is 7.09. The van der Waals surface area contributed by atoms with Crippen molar-refractivity contribution in [3.63, 3.8) is 0 Å². The van der Waals surface area contributed by atoms with Crippen LogP contribution in [-0.4, -0.2) is 34.3 Å². The van der Waals surface area contributed by atoms with Gasteiger partial charge >= 0.3 is 0 Å². The van der Waals surface area contributed by atoms with Crippen molar-refractivity contribution < 1.29 is 9.59 Å². The van der Waals surface area contributed by atoms with Crippen molar-refractivity contribution in [3.05, 3.63) is 46.4 Å². The van der Waals surface area contributed by atoms with Gasteiger partial charge in [0.25, 0.3) is 0 Å². The Morgan fingerprint density at radius 1 is 1.38 bits per heavy atom. The SMILES string of the molecule is CC(C)N(CCc1nccs1)C(=O)CCC1Cc2ccccc2NC1=O. The third-order valence-electron chi connectivity index (χ3n) is 4.81. The first-order valence-electron chi connectivity index (χ1n) is 9.11. The summed E-state index contributed by atoms with van der Waals surface area (Å²) in [6, 6.07) is 8.01. The molecule has 1 aliphatic rings. The number of carbonyl (C=O) groups is 2. The quantitative estimate of drug-likeness (QED) is 0.810. The number of para-hydroxylation sites is 1. The van der Waals surface area contributed by atoms with Crippen LogP contribution in [0, 0.1) is 5.92 Å². The molecule has 1 aliphatic heterocycles. The highest BCUT2D eigenvalue weighted by Crippen LogP contribution is 2.27. The van der Waals surface area contributed by atoms with Crippen LogP contribution in [0.1, 0.15) is 37.3 Å². The Labute approximate surface area is 158 Å². The van der Waals surface area contributed by atoms with E-state index in [9.17, 15) is 9.59 Å². The summed E-state index contributed by atoms with van der Waals surface area (Å²) in [5.41, 5.74) is 2.04. The van der Waals surface area contributed by atoms with Gasteiger partial charge in [-0.3, -0.25) is 9.59 Å². The van der Waals surface area contributed by atoms with Crippen molar-refractivity contribution in [2.24, 2.45) is 5.92 Å². The van der Waals surface area contributed by atoms with Crippen molar-refractivity contribution in [3.8, 4) is 0 Å². The molecule has 1 atom stereocenters. The molecule has 1 unspecified atom stereocenters. The second-order valence-corrected chi connectivity index (χ2v) is 7.92. The van der Waals surface area contributed by atoms with Crippen LogP contribution >= 0.6 is 11.3 Å². The van der Waals surface area contributed by atoms with Gasteiger partial charge in [-0.15, -0.1) is 11.3 Å². The molecule has 0 saturated heterocycles. The number of nitrogens with zero attached hydrogens (tertiary/aromatic N) is 2. The molecule has 0 bridgehead atoms. The maximum Gasteiger partial charge on any atom is 0.227 e. The molecule has 1 N–H and O–H groups in total. The molecule has 26 heavy (non-hydrogen) atoms. The number of hydrogen-bond donors (Lipinski definition) is 1. The molecule has 1 aromatic heterocycles. The second-order valence-electron chi connectivity index (χ2n) is 6.94. The second kappa shape index (κ2) is 8.45. The fourth-order valence-electron chi connectivity index (χ4n) is 3.35. The Morgan fingerprint density at radius 2 is 2.19 bits per heavy atom. The standard InChI is InChI=1S/C20H25N3O2S/c1-14(2)23(11-9-18-21-10-12-26-18)19(24)8-7-16-13-15-5-3-4-6-17(15)22-20(16)25/h3-6,10,12,14,16H,7-9,11,13H2,1-2H3,(H,22,25). The van der Waals surface area contributed by atoms with E-state index in [4.69, 9.17) is 0 Å². The van der Waals surface area contributed by atoms with E-state index in [0.717, 1.165) is 22.7 Å². The lowest BCUT2D eigenvalue weighted by molar-refractivity contribution is -0.133. The number of nitrogens with one attached hydrogen (secondary N) is 1. The lowest BCUT2D eigenvalue weighted by Crippen LogP contribution is -2.39. The van der Waals surface area contributed by atoms with Crippen LogP contribution in [0.4, 0.5) is 5.69 Å². The largest absolute Gasteiger partial charge is 0.340 e. The molecule has 0 spiro atoms. The fraction of sp³-hybridized carbons (Fsp3) is 0.450. The molecular formula is C20H25N3O2S. The Bertz CT molecular complexity index is 758. The molecule has 3 rings (SSSR count). The summed E-state index contributed by atoms with van der Waals surface area (Å²) in [6.45, 7) is 4.73. The Morgan fingerprint density at radius 3 is 2.92 bits per heavy atom. The van der Waals surface area contributed by atoms with Crippen LogP contribution in [0.2, 0.25) is 0 Å². The van der Waals surface area contributed by atoms with Gasteiger partial charge in [-0.2, -0.15) is 0 Å². The van der Waals surface area contributed by atoms with E-state index in [2.05, 4.69) is 10.3 Å². The van der Waals surface area contributed by atoms with Crippen LogP contribution in [0.3, 0.4) is 0 Å². The number of hydrogen-bond acceptors (Lipinski definition) is 4. The first kappa shape index (κ1) is 18.6. The molecular weight excluding hydrogens is 346 g/mol. The number of fused-ring (bicyclic) bond motifs is 1. The zero-order chi connectivity index (χ0) is 18.5. The molecule has 2 aromatic rings. The van der Waals surface area contributed by atoms with Crippen LogP contribution in [-0.2, 0) is 22.4 Å². The first-order valence-corrected chi connectivity index (χ1v) is 9.99. The molecule has 2 heterocycles. The lowest BCUT2D eigenvalue weighted by atomic mass is 9.89. The monoisotopic (exact) mass is 371 g/mol. The summed E-state index contributed by atoms with van der Waals surface area (Å²) in [7, 11) is 0. The van der Waals surface area contributed by atoms with Crippen LogP contribution in [0.5, 0.6) is 0 Å². The Kier molecular flexibility index (Phi) is 6.04. The molecule has 1 aromatic carbocycles. The number of aromatic nitrogens is 1. The topological polar surface area (TPSA) is 62.3 Å². The summed E-state index contributed by atoms with van der Waals surface area (Å²) in [4.78, 5) is 31.2. The van der Waals surface area contributed by atoms with Gasteiger partial charge in [0.1, 0.15) is 0 Å². The van der Waals surface area contributed by atoms with Crippen molar-refractivity contribution in [1.29, 1.82) is 0 Å². The molecule has 0 saturated carbocycles. The predicted octanol–water partition coefficient (Wildman–Crippen LogP) is 3.51. The highest BCUT2D eigenvalue weighted by Gasteiger charge is 2.27. The summed E-state index contributed by atoms with van der Waals surface area (Å²) in [5, 5.41) is 5.96. The smallest absolute Gasteiger partial charge is 0.227 e. The van der Waals surface area contributed by atoms with E-state index in [1.807, 2.05) is 48.4 Å². The van der Waals surface area contributed by atoms with Gasteiger partial charge in [-0.05, 0) is 38.3 Å². The minimum atomic E-state index is -0.137. The van der Waals surface area contributed by atoms with Crippen molar-refractivity contribution in [2.75, 3.05) is 11.9 Å². The van der Waals surface area contributed by atoms with E-state index >= 15 is 0 Å². The normalized spacial score (nSPS) is 16.3. The molecule has 6 heteroatoms. The minimum absolute atomic E-state index is 0.0235. The number of anilines is 1. The summed E-state index contributed by atoms with van der Waals surface area (Å²) < 4.78 is 0. The molecule has 2 amide bonds. The van der Waals surface area contributed by atoms with E-state index in [-0.39, 0.29) is 23.8 Å². The highest BCUT2D eigenvalue weighted by atomic mass is 32.1. The maximum atomic E-state index is 12.7. The van der Waals surface area contributed by atoms with E-state index in [0.29, 0.717) is 25.8 Å². The van der Waals surface area contributed by atoms with Crippen LogP contribution in [0.25, 0.3) is 0 Å². The van der Waals surface area contributed by atoms with Gasteiger partial charge in [-0.25, -0.2) is 4.98 Å². The Hall–Kier alpha value is -2.21. The molecule has 0 aliphatic carbocycles. The number of rotatable bonds is 7.